The molecule has 0 aliphatic rings. The highest BCUT2D eigenvalue weighted by molar-refractivity contribution is 5.79. The molecule has 0 saturated carbocycles. The lowest BCUT2D eigenvalue weighted by molar-refractivity contribution is 0.0672. The van der Waals surface area contributed by atoms with Crippen LogP contribution in [0.5, 0.6) is 0 Å². The van der Waals surface area contributed by atoms with Crippen LogP contribution in [0, 0.1) is 5.82 Å². The van der Waals surface area contributed by atoms with Crippen molar-refractivity contribution >= 4 is 5.96 Å². The Balaban J connectivity index is 2.77. The smallest absolute Gasteiger partial charge is 0.191 e. The number of guanidine groups is 1. The highest BCUT2D eigenvalue weighted by Gasteiger charge is 2.22. The Labute approximate surface area is 113 Å². The van der Waals surface area contributed by atoms with Gasteiger partial charge in [0.15, 0.2) is 5.96 Å². The fourth-order valence-corrected chi connectivity index (χ4v) is 1.64. The molecule has 0 spiro atoms. The Morgan fingerprint density at radius 2 is 1.74 bits per heavy atom. The molecule has 0 saturated heterocycles. The molecule has 19 heavy (non-hydrogen) atoms. The van der Waals surface area contributed by atoms with Crippen molar-refractivity contribution in [3.05, 3.63) is 35.6 Å². The number of hydrogen-bond acceptors (Lipinski definition) is 2. The fourth-order valence-electron chi connectivity index (χ4n) is 1.64. The van der Waals surface area contributed by atoms with Gasteiger partial charge < -0.3 is 15.7 Å². The third-order valence-electron chi connectivity index (χ3n) is 2.70. The lowest BCUT2D eigenvalue weighted by atomic mass is 9.96. The van der Waals surface area contributed by atoms with E-state index >= 15 is 0 Å². The maximum Gasteiger partial charge on any atom is 0.191 e. The van der Waals surface area contributed by atoms with Gasteiger partial charge in [0.1, 0.15) is 11.4 Å². The minimum Gasteiger partial charge on any atom is -0.384 e. The van der Waals surface area contributed by atoms with E-state index in [1.165, 1.54) is 12.1 Å². The van der Waals surface area contributed by atoms with Crippen molar-refractivity contribution in [3.63, 3.8) is 0 Å². The maximum atomic E-state index is 12.9. The minimum absolute atomic E-state index is 0.202. The van der Waals surface area contributed by atoms with Gasteiger partial charge in [0.2, 0.25) is 0 Å². The molecule has 1 rings (SSSR count). The van der Waals surface area contributed by atoms with Gasteiger partial charge >= 0.3 is 0 Å². The van der Waals surface area contributed by atoms with Gasteiger partial charge in [0, 0.05) is 13.1 Å². The number of aliphatic imine (C=N–C) groups is 1. The largest absolute Gasteiger partial charge is 0.384 e. The van der Waals surface area contributed by atoms with Gasteiger partial charge in [-0.15, -0.1) is 0 Å². The van der Waals surface area contributed by atoms with Crippen molar-refractivity contribution < 1.29 is 9.50 Å². The summed E-state index contributed by atoms with van der Waals surface area (Å²) in [5.41, 5.74) is -0.478. The number of rotatable bonds is 5. The molecule has 0 amide bonds. The van der Waals surface area contributed by atoms with Crippen molar-refractivity contribution in [3.8, 4) is 0 Å². The molecule has 1 aromatic carbocycles. The molecule has 0 bridgehead atoms. The van der Waals surface area contributed by atoms with Crippen molar-refractivity contribution in [1.82, 2.24) is 10.6 Å². The minimum atomic E-state index is -1.12. The fraction of sp³-hybridized carbons (Fsp3) is 0.500. The van der Waals surface area contributed by atoms with Crippen LogP contribution in [0.2, 0.25) is 0 Å². The summed E-state index contributed by atoms with van der Waals surface area (Å²) in [5.74, 6) is 0.344. The monoisotopic (exact) mass is 267 g/mol. The molecular formula is C14H22FN3O. The summed E-state index contributed by atoms with van der Waals surface area (Å²) in [6.07, 6.45) is 0. The molecular weight excluding hydrogens is 245 g/mol. The quantitative estimate of drug-likeness (QED) is 0.561. The molecule has 0 aliphatic heterocycles. The van der Waals surface area contributed by atoms with E-state index in [2.05, 4.69) is 15.6 Å². The van der Waals surface area contributed by atoms with Crippen molar-refractivity contribution in [1.29, 1.82) is 0 Å². The molecule has 5 heteroatoms. The van der Waals surface area contributed by atoms with Crippen molar-refractivity contribution in [2.75, 3.05) is 19.6 Å². The van der Waals surface area contributed by atoms with Gasteiger partial charge in [-0.05, 0) is 38.5 Å². The standard InChI is InChI=1S/C14H22FN3O/c1-4-16-13(17-5-2)18-10-14(3,19)11-6-8-12(15)9-7-11/h6-9,19H,4-5,10H2,1-3H3,(H2,16,17,18). The lowest BCUT2D eigenvalue weighted by Gasteiger charge is -2.22. The van der Waals surface area contributed by atoms with Crippen LogP contribution in [0.1, 0.15) is 26.3 Å². The molecule has 0 aromatic heterocycles. The summed E-state index contributed by atoms with van der Waals surface area (Å²) in [5, 5.41) is 16.5. The summed E-state index contributed by atoms with van der Waals surface area (Å²) in [6.45, 7) is 7.33. The van der Waals surface area contributed by atoms with Crippen LogP contribution >= 0.6 is 0 Å². The van der Waals surface area contributed by atoms with Gasteiger partial charge in [-0.3, -0.25) is 0 Å². The summed E-state index contributed by atoms with van der Waals surface area (Å²) >= 11 is 0. The molecule has 4 nitrogen and oxygen atoms in total. The van der Waals surface area contributed by atoms with E-state index in [1.807, 2.05) is 13.8 Å². The van der Waals surface area contributed by atoms with E-state index in [1.54, 1.807) is 19.1 Å². The SMILES string of the molecule is CCNC(=NCC(C)(O)c1ccc(F)cc1)NCC. The first-order valence-electron chi connectivity index (χ1n) is 6.50. The average molecular weight is 267 g/mol. The Morgan fingerprint density at radius 3 is 2.21 bits per heavy atom. The first-order chi connectivity index (χ1) is 8.99. The zero-order chi connectivity index (χ0) is 14.3. The normalized spacial score (nSPS) is 13.5. The molecule has 106 valence electrons. The summed E-state index contributed by atoms with van der Waals surface area (Å²) in [4.78, 5) is 4.32. The van der Waals surface area contributed by atoms with Gasteiger partial charge in [-0.1, -0.05) is 12.1 Å². The molecule has 1 unspecified atom stereocenters. The average Bonchev–Trinajstić information content (AvgIpc) is 2.37. The van der Waals surface area contributed by atoms with Crippen LogP contribution in [0.3, 0.4) is 0 Å². The third-order valence-corrected chi connectivity index (χ3v) is 2.70. The molecule has 0 aliphatic carbocycles. The van der Waals surface area contributed by atoms with Crippen LogP contribution in [-0.4, -0.2) is 30.7 Å². The second-order valence-corrected chi connectivity index (χ2v) is 4.51. The topological polar surface area (TPSA) is 56.7 Å². The van der Waals surface area contributed by atoms with Crippen LogP contribution < -0.4 is 10.6 Å². The number of benzene rings is 1. The molecule has 3 N–H and O–H groups in total. The summed E-state index contributed by atoms with van der Waals surface area (Å²) in [6, 6.07) is 5.82. The van der Waals surface area contributed by atoms with Gasteiger partial charge in [0.25, 0.3) is 0 Å². The van der Waals surface area contributed by atoms with Gasteiger partial charge in [-0.25, -0.2) is 9.38 Å². The number of halogens is 1. The zero-order valence-corrected chi connectivity index (χ0v) is 11.7. The maximum absolute atomic E-state index is 12.9. The second-order valence-electron chi connectivity index (χ2n) is 4.51. The van der Waals surface area contributed by atoms with Crippen LogP contribution in [-0.2, 0) is 5.60 Å². The Hall–Kier alpha value is -1.62. The third kappa shape index (κ3) is 4.87. The van der Waals surface area contributed by atoms with E-state index in [-0.39, 0.29) is 12.4 Å². The highest BCUT2D eigenvalue weighted by Crippen LogP contribution is 2.21. The van der Waals surface area contributed by atoms with Crippen LogP contribution in [0.4, 0.5) is 4.39 Å². The Bertz CT molecular complexity index is 407. The molecule has 1 atom stereocenters. The highest BCUT2D eigenvalue weighted by atomic mass is 19.1. The number of nitrogens with zero attached hydrogens (tertiary/aromatic N) is 1. The second kappa shape index (κ2) is 7.09. The number of aliphatic hydroxyl groups is 1. The zero-order valence-electron chi connectivity index (χ0n) is 11.7. The molecule has 0 fully saturated rings. The Kier molecular flexibility index (Phi) is 5.76. The number of nitrogens with one attached hydrogen (secondary N) is 2. The van der Waals surface area contributed by atoms with E-state index < -0.39 is 5.60 Å². The van der Waals surface area contributed by atoms with Crippen LogP contribution in [0.15, 0.2) is 29.3 Å². The molecule has 0 heterocycles. The van der Waals surface area contributed by atoms with E-state index in [0.717, 1.165) is 13.1 Å². The van der Waals surface area contributed by atoms with Crippen molar-refractivity contribution in [2.24, 2.45) is 4.99 Å². The van der Waals surface area contributed by atoms with E-state index in [9.17, 15) is 9.50 Å². The van der Waals surface area contributed by atoms with E-state index in [4.69, 9.17) is 0 Å². The predicted octanol–water partition coefficient (Wildman–Crippen LogP) is 1.61. The first kappa shape index (κ1) is 15.4. The van der Waals surface area contributed by atoms with Crippen LogP contribution in [0.25, 0.3) is 0 Å². The number of hydrogen-bond donors (Lipinski definition) is 3. The first-order valence-corrected chi connectivity index (χ1v) is 6.50. The summed E-state index contributed by atoms with van der Waals surface area (Å²) in [7, 11) is 0. The van der Waals surface area contributed by atoms with E-state index in [0.29, 0.717) is 11.5 Å². The Morgan fingerprint density at radius 1 is 1.21 bits per heavy atom. The van der Waals surface area contributed by atoms with Crippen molar-refractivity contribution in [2.45, 2.75) is 26.4 Å². The summed E-state index contributed by atoms with van der Waals surface area (Å²) < 4.78 is 12.9. The van der Waals surface area contributed by atoms with Gasteiger partial charge in [0.05, 0.1) is 6.54 Å². The predicted molar refractivity (Wildman–Crippen MR) is 75.6 cm³/mol. The molecule has 1 aromatic rings. The van der Waals surface area contributed by atoms with Gasteiger partial charge in [-0.2, -0.15) is 0 Å². The lowest BCUT2D eigenvalue weighted by Crippen LogP contribution is -2.38. The molecule has 0 radical (unpaired) electrons.